The number of carbonyl (C=O) groups excluding carboxylic acids is 1. The number of carbonyl (C=O) groups is 1. The highest BCUT2D eigenvalue weighted by Crippen LogP contribution is 2.08. The summed E-state index contributed by atoms with van der Waals surface area (Å²) in [4.78, 5) is 12.4. The molecule has 72 valence electrons. The maximum absolute atomic E-state index is 11.0. The topological polar surface area (TPSA) is 42.7 Å². The molecule has 4 heteroatoms. The summed E-state index contributed by atoms with van der Waals surface area (Å²) in [6, 6.07) is 3.70. The fourth-order valence-electron chi connectivity index (χ4n) is 1.02. The van der Waals surface area contributed by atoms with Crippen molar-refractivity contribution in [2.24, 2.45) is 0 Å². The smallest absolute Gasteiger partial charge is 0.409 e. The van der Waals surface area contributed by atoms with Crippen molar-refractivity contribution in [3.05, 3.63) is 23.7 Å². The summed E-state index contributed by atoms with van der Waals surface area (Å²) in [5, 5.41) is 0. The van der Waals surface area contributed by atoms with E-state index < -0.39 is 0 Å². The predicted molar refractivity (Wildman–Crippen MR) is 47.3 cm³/mol. The molecule has 1 aromatic rings. The SMILES string of the molecule is COC(=O)N(C)Cc1ccc(C)o1. The van der Waals surface area contributed by atoms with Crippen LogP contribution in [0.15, 0.2) is 16.5 Å². The van der Waals surface area contributed by atoms with Crippen LogP contribution in [0.1, 0.15) is 11.5 Å². The average molecular weight is 183 g/mol. The van der Waals surface area contributed by atoms with E-state index in [1.165, 1.54) is 12.0 Å². The van der Waals surface area contributed by atoms with Crippen molar-refractivity contribution in [2.45, 2.75) is 13.5 Å². The number of rotatable bonds is 2. The largest absolute Gasteiger partial charge is 0.464 e. The average Bonchev–Trinajstić information content (AvgIpc) is 2.49. The first-order valence-corrected chi connectivity index (χ1v) is 3.98. The van der Waals surface area contributed by atoms with Gasteiger partial charge in [-0.05, 0) is 19.1 Å². The van der Waals surface area contributed by atoms with Gasteiger partial charge in [0.25, 0.3) is 0 Å². The first-order valence-electron chi connectivity index (χ1n) is 3.98. The Kier molecular flexibility index (Phi) is 2.95. The molecule has 0 fully saturated rings. The Bertz CT molecular complexity index is 293. The van der Waals surface area contributed by atoms with E-state index in [0.717, 1.165) is 11.5 Å². The highest BCUT2D eigenvalue weighted by atomic mass is 16.5. The number of hydrogen-bond acceptors (Lipinski definition) is 3. The molecule has 0 aliphatic rings. The Morgan fingerprint density at radius 2 is 2.31 bits per heavy atom. The fourth-order valence-corrected chi connectivity index (χ4v) is 1.02. The molecular formula is C9H13NO3. The molecule has 0 aromatic carbocycles. The molecule has 0 spiro atoms. The van der Waals surface area contributed by atoms with Crippen LogP contribution in [0.5, 0.6) is 0 Å². The normalized spacial score (nSPS) is 9.77. The molecule has 1 heterocycles. The minimum absolute atomic E-state index is 0.367. The van der Waals surface area contributed by atoms with E-state index in [2.05, 4.69) is 4.74 Å². The lowest BCUT2D eigenvalue weighted by molar-refractivity contribution is 0.128. The number of hydrogen-bond donors (Lipinski definition) is 0. The van der Waals surface area contributed by atoms with Crippen molar-refractivity contribution in [3.8, 4) is 0 Å². The number of amides is 1. The summed E-state index contributed by atoms with van der Waals surface area (Å²) >= 11 is 0. The lowest BCUT2D eigenvalue weighted by atomic mass is 10.4. The Labute approximate surface area is 77.1 Å². The summed E-state index contributed by atoms with van der Waals surface area (Å²) < 4.78 is 9.84. The van der Waals surface area contributed by atoms with Gasteiger partial charge in [-0.25, -0.2) is 4.79 Å². The molecule has 0 radical (unpaired) electrons. The molecule has 1 rings (SSSR count). The first kappa shape index (κ1) is 9.64. The van der Waals surface area contributed by atoms with Crippen molar-refractivity contribution < 1.29 is 13.9 Å². The van der Waals surface area contributed by atoms with Crippen LogP contribution in [-0.4, -0.2) is 25.2 Å². The molecule has 1 aromatic heterocycles. The molecule has 0 atom stereocenters. The van der Waals surface area contributed by atoms with Gasteiger partial charge in [0.05, 0.1) is 13.7 Å². The first-order chi connectivity index (χ1) is 6.13. The Hall–Kier alpha value is -1.45. The second kappa shape index (κ2) is 3.98. The molecule has 0 bridgehead atoms. The Morgan fingerprint density at radius 3 is 2.77 bits per heavy atom. The molecule has 4 nitrogen and oxygen atoms in total. The van der Waals surface area contributed by atoms with Gasteiger partial charge in [-0.1, -0.05) is 0 Å². The van der Waals surface area contributed by atoms with Gasteiger partial charge in [0.15, 0.2) is 0 Å². The van der Waals surface area contributed by atoms with E-state index >= 15 is 0 Å². The van der Waals surface area contributed by atoms with Crippen molar-refractivity contribution in [3.63, 3.8) is 0 Å². The van der Waals surface area contributed by atoms with Crippen LogP contribution in [0.3, 0.4) is 0 Å². The Balaban J connectivity index is 2.54. The number of furan rings is 1. The summed E-state index contributed by atoms with van der Waals surface area (Å²) in [6.45, 7) is 2.29. The summed E-state index contributed by atoms with van der Waals surface area (Å²) in [5.74, 6) is 1.60. The third-order valence-corrected chi connectivity index (χ3v) is 1.68. The number of aryl methyl sites for hydroxylation is 1. The maximum atomic E-state index is 11.0. The van der Waals surface area contributed by atoms with Crippen LogP contribution in [0.2, 0.25) is 0 Å². The van der Waals surface area contributed by atoms with Crippen LogP contribution in [-0.2, 0) is 11.3 Å². The van der Waals surface area contributed by atoms with E-state index in [-0.39, 0.29) is 6.09 Å². The van der Waals surface area contributed by atoms with Crippen LogP contribution in [0.25, 0.3) is 0 Å². The third kappa shape index (κ3) is 2.50. The highest BCUT2D eigenvalue weighted by molar-refractivity contribution is 5.66. The molecule has 0 unspecified atom stereocenters. The number of ether oxygens (including phenoxy) is 1. The van der Waals surface area contributed by atoms with Gasteiger partial charge in [-0.15, -0.1) is 0 Å². The van der Waals surface area contributed by atoms with E-state index in [1.807, 2.05) is 19.1 Å². The van der Waals surface area contributed by atoms with Crippen molar-refractivity contribution >= 4 is 6.09 Å². The molecule has 0 N–H and O–H groups in total. The zero-order valence-electron chi connectivity index (χ0n) is 8.03. The third-order valence-electron chi connectivity index (χ3n) is 1.68. The molecular weight excluding hydrogens is 170 g/mol. The number of nitrogens with zero attached hydrogens (tertiary/aromatic N) is 1. The maximum Gasteiger partial charge on any atom is 0.409 e. The van der Waals surface area contributed by atoms with Crippen molar-refractivity contribution in [1.29, 1.82) is 0 Å². The van der Waals surface area contributed by atoms with Crippen LogP contribution in [0, 0.1) is 6.92 Å². The zero-order chi connectivity index (χ0) is 9.84. The predicted octanol–water partition coefficient (Wildman–Crippen LogP) is 1.79. The molecule has 1 amide bonds. The van der Waals surface area contributed by atoms with Crippen LogP contribution >= 0.6 is 0 Å². The van der Waals surface area contributed by atoms with Gasteiger partial charge in [-0.3, -0.25) is 0 Å². The second-order valence-corrected chi connectivity index (χ2v) is 2.84. The summed E-state index contributed by atoms with van der Waals surface area (Å²) in [7, 11) is 3.01. The standard InChI is InChI=1S/C9H13NO3/c1-7-4-5-8(13-7)6-10(2)9(11)12-3/h4-5H,6H2,1-3H3. The quantitative estimate of drug-likeness (QED) is 0.702. The monoisotopic (exact) mass is 183 g/mol. The van der Waals surface area contributed by atoms with Gasteiger partial charge in [0, 0.05) is 7.05 Å². The van der Waals surface area contributed by atoms with E-state index in [4.69, 9.17) is 4.42 Å². The molecule has 0 aliphatic carbocycles. The van der Waals surface area contributed by atoms with Gasteiger partial charge < -0.3 is 14.1 Å². The van der Waals surface area contributed by atoms with Crippen LogP contribution < -0.4 is 0 Å². The summed E-state index contributed by atoms with van der Waals surface area (Å²) in [6.07, 6.45) is -0.367. The van der Waals surface area contributed by atoms with E-state index in [0.29, 0.717) is 6.54 Å². The second-order valence-electron chi connectivity index (χ2n) is 2.84. The van der Waals surface area contributed by atoms with Crippen LogP contribution in [0.4, 0.5) is 4.79 Å². The van der Waals surface area contributed by atoms with E-state index in [9.17, 15) is 4.79 Å². The molecule has 0 saturated heterocycles. The molecule has 0 saturated carbocycles. The summed E-state index contributed by atoms with van der Waals surface area (Å²) in [5.41, 5.74) is 0. The highest BCUT2D eigenvalue weighted by Gasteiger charge is 2.10. The van der Waals surface area contributed by atoms with E-state index in [1.54, 1.807) is 7.05 Å². The van der Waals surface area contributed by atoms with Gasteiger partial charge in [0.2, 0.25) is 0 Å². The number of methoxy groups -OCH3 is 1. The van der Waals surface area contributed by atoms with Gasteiger partial charge >= 0.3 is 6.09 Å². The van der Waals surface area contributed by atoms with Gasteiger partial charge in [-0.2, -0.15) is 0 Å². The molecule has 0 aliphatic heterocycles. The minimum Gasteiger partial charge on any atom is -0.464 e. The minimum atomic E-state index is -0.367. The fraction of sp³-hybridized carbons (Fsp3) is 0.444. The lowest BCUT2D eigenvalue weighted by Crippen LogP contribution is -2.25. The lowest BCUT2D eigenvalue weighted by Gasteiger charge is -2.13. The molecule has 13 heavy (non-hydrogen) atoms. The van der Waals surface area contributed by atoms with Crippen molar-refractivity contribution in [2.75, 3.05) is 14.2 Å². The Morgan fingerprint density at radius 1 is 1.62 bits per heavy atom. The zero-order valence-corrected chi connectivity index (χ0v) is 8.03. The van der Waals surface area contributed by atoms with Gasteiger partial charge in [0.1, 0.15) is 11.5 Å². The van der Waals surface area contributed by atoms with Crippen molar-refractivity contribution in [1.82, 2.24) is 4.90 Å².